The lowest BCUT2D eigenvalue weighted by Crippen LogP contribution is -2.57. The number of hydrogen-bond acceptors (Lipinski definition) is 3. The van der Waals surface area contributed by atoms with Crippen LogP contribution >= 0.6 is 12.4 Å². The first-order chi connectivity index (χ1) is 10.9. The molecule has 1 heterocycles. The van der Waals surface area contributed by atoms with Gasteiger partial charge < -0.3 is 21.3 Å². The summed E-state index contributed by atoms with van der Waals surface area (Å²) >= 11 is 0. The molecule has 7 heteroatoms. The number of hydrogen-bond donors (Lipinski definition) is 3. The standard InChI is InChI=1S/C17H26N4O2.ClH/c1-11-6-4-5-7-14(11)15(20-17(18)23)10-16(22)21-9-8-19-12(2)13(21)3;/h4-7,12-13,15,19H,8-10H2,1-3H3,(H3,18,20,23);1H. The smallest absolute Gasteiger partial charge is 0.312 e. The van der Waals surface area contributed by atoms with Gasteiger partial charge in [-0.2, -0.15) is 0 Å². The van der Waals surface area contributed by atoms with Crippen molar-refractivity contribution in [1.29, 1.82) is 0 Å². The number of urea groups is 1. The van der Waals surface area contributed by atoms with E-state index in [1.54, 1.807) is 0 Å². The normalized spacial score (nSPS) is 21.5. The van der Waals surface area contributed by atoms with Crippen molar-refractivity contribution in [3.63, 3.8) is 0 Å². The van der Waals surface area contributed by atoms with Crippen molar-refractivity contribution < 1.29 is 9.59 Å². The van der Waals surface area contributed by atoms with Crippen molar-refractivity contribution in [2.24, 2.45) is 5.73 Å². The highest BCUT2D eigenvalue weighted by atomic mass is 35.5. The van der Waals surface area contributed by atoms with Crippen molar-refractivity contribution >= 4 is 24.3 Å². The molecule has 3 amide bonds. The molecule has 1 aromatic rings. The third-order valence-electron chi connectivity index (χ3n) is 4.61. The van der Waals surface area contributed by atoms with Crippen LogP contribution in [0.2, 0.25) is 0 Å². The molecule has 1 aliphatic rings. The second-order valence-electron chi connectivity index (χ2n) is 6.19. The molecule has 0 aromatic heterocycles. The summed E-state index contributed by atoms with van der Waals surface area (Å²) in [5, 5.41) is 6.07. The van der Waals surface area contributed by atoms with Crippen molar-refractivity contribution in [1.82, 2.24) is 15.5 Å². The van der Waals surface area contributed by atoms with Gasteiger partial charge in [-0.3, -0.25) is 4.79 Å². The molecule has 2 rings (SSSR count). The number of benzene rings is 1. The van der Waals surface area contributed by atoms with E-state index in [1.165, 1.54) is 0 Å². The number of nitrogens with one attached hydrogen (secondary N) is 2. The topological polar surface area (TPSA) is 87.5 Å². The van der Waals surface area contributed by atoms with Crippen LogP contribution in [0.4, 0.5) is 4.79 Å². The van der Waals surface area contributed by atoms with Crippen LogP contribution in [0.3, 0.4) is 0 Å². The van der Waals surface area contributed by atoms with Crippen LogP contribution in [-0.2, 0) is 4.79 Å². The molecule has 3 unspecified atom stereocenters. The first kappa shape index (κ1) is 20.3. The number of amides is 3. The predicted octanol–water partition coefficient (Wildman–Crippen LogP) is 1.73. The fourth-order valence-corrected chi connectivity index (χ4v) is 3.09. The maximum absolute atomic E-state index is 12.7. The van der Waals surface area contributed by atoms with Gasteiger partial charge in [0.1, 0.15) is 0 Å². The zero-order chi connectivity index (χ0) is 17.0. The Hall–Kier alpha value is -1.79. The highest BCUT2D eigenvalue weighted by molar-refractivity contribution is 5.85. The average molecular weight is 355 g/mol. The van der Waals surface area contributed by atoms with Gasteiger partial charge >= 0.3 is 6.03 Å². The average Bonchev–Trinajstić information content (AvgIpc) is 2.49. The molecule has 1 aromatic carbocycles. The summed E-state index contributed by atoms with van der Waals surface area (Å²) in [6.07, 6.45) is 0.213. The van der Waals surface area contributed by atoms with E-state index in [-0.39, 0.29) is 36.8 Å². The molecule has 6 nitrogen and oxygen atoms in total. The van der Waals surface area contributed by atoms with Gasteiger partial charge in [-0.1, -0.05) is 24.3 Å². The molecule has 4 N–H and O–H groups in total. The van der Waals surface area contributed by atoms with E-state index in [0.717, 1.165) is 17.7 Å². The Labute approximate surface area is 149 Å². The largest absolute Gasteiger partial charge is 0.352 e. The molecule has 0 bridgehead atoms. The Morgan fingerprint density at radius 1 is 1.38 bits per heavy atom. The summed E-state index contributed by atoms with van der Waals surface area (Å²) in [5.74, 6) is 0.0350. The number of rotatable bonds is 4. The van der Waals surface area contributed by atoms with Crippen LogP contribution in [0.25, 0.3) is 0 Å². The van der Waals surface area contributed by atoms with Crippen LogP contribution in [0.1, 0.15) is 37.4 Å². The van der Waals surface area contributed by atoms with Gasteiger partial charge in [0.05, 0.1) is 12.5 Å². The van der Waals surface area contributed by atoms with Crippen molar-refractivity contribution in [3.8, 4) is 0 Å². The number of nitrogens with zero attached hydrogens (tertiary/aromatic N) is 1. The van der Waals surface area contributed by atoms with Crippen LogP contribution in [0, 0.1) is 6.92 Å². The highest BCUT2D eigenvalue weighted by Gasteiger charge is 2.30. The van der Waals surface area contributed by atoms with Gasteiger partial charge in [0, 0.05) is 25.2 Å². The Morgan fingerprint density at radius 3 is 2.67 bits per heavy atom. The van der Waals surface area contributed by atoms with Crippen molar-refractivity contribution in [2.45, 2.75) is 45.3 Å². The van der Waals surface area contributed by atoms with E-state index in [9.17, 15) is 9.59 Å². The lowest BCUT2D eigenvalue weighted by Gasteiger charge is -2.39. The quantitative estimate of drug-likeness (QED) is 0.769. The van der Waals surface area contributed by atoms with E-state index in [0.29, 0.717) is 6.54 Å². The number of nitrogens with two attached hydrogens (primary N) is 1. The van der Waals surface area contributed by atoms with Crippen LogP contribution in [0.15, 0.2) is 24.3 Å². The second-order valence-corrected chi connectivity index (χ2v) is 6.19. The van der Waals surface area contributed by atoms with Gasteiger partial charge in [0.2, 0.25) is 5.91 Å². The SMILES string of the molecule is Cc1ccccc1C(CC(=O)N1CCNC(C)C1C)NC(N)=O.Cl. The molecule has 24 heavy (non-hydrogen) atoms. The van der Waals surface area contributed by atoms with E-state index in [4.69, 9.17) is 5.73 Å². The fourth-order valence-electron chi connectivity index (χ4n) is 3.09. The van der Waals surface area contributed by atoms with Crippen LogP contribution in [-0.4, -0.2) is 42.0 Å². The summed E-state index contributed by atoms with van der Waals surface area (Å²) in [6, 6.07) is 7.08. The predicted molar refractivity (Wildman–Crippen MR) is 97.1 cm³/mol. The second kappa shape index (κ2) is 8.89. The molecule has 0 spiro atoms. The Morgan fingerprint density at radius 2 is 2.04 bits per heavy atom. The van der Waals surface area contributed by atoms with Gasteiger partial charge in [0.25, 0.3) is 0 Å². The summed E-state index contributed by atoms with van der Waals surface area (Å²) < 4.78 is 0. The number of carbonyl (C=O) groups is 2. The number of piperazine rings is 1. The third kappa shape index (κ3) is 4.85. The summed E-state index contributed by atoms with van der Waals surface area (Å²) in [4.78, 5) is 26.0. The monoisotopic (exact) mass is 354 g/mol. The molecule has 134 valence electrons. The first-order valence-electron chi connectivity index (χ1n) is 8.04. The van der Waals surface area contributed by atoms with E-state index >= 15 is 0 Å². The fraction of sp³-hybridized carbons (Fsp3) is 0.529. The Balaban J connectivity index is 0.00000288. The van der Waals surface area contributed by atoms with Crippen molar-refractivity contribution in [3.05, 3.63) is 35.4 Å². The zero-order valence-electron chi connectivity index (χ0n) is 14.4. The minimum atomic E-state index is -0.618. The molecule has 0 radical (unpaired) electrons. The Bertz CT molecular complexity index is 581. The minimum Gasteiger partial charge on any atom is -0.352 e. The van der Waals surface area contributed by atoms with Gasteiger partial charge in [-0.15, -0.1) is 12.4 Å². The molecular weight excluding hydrogens is 328 g/mol. The van der Waals surface area contributed by atoms with Gasteiger partial charge in [0.15, 0.2) is 0 Å². The summed E-state index contributed by atoms with van der Waals surface area (Å²) in [7, 11) is 0. The number of halogens is 1. The molecule has 3 atom stereocenters. The van der Waals surface area contributed by atoms with E-state index in [2.05, 4.69) is 17.6 Å². The molecule has 1 fully saturated rings. The molecule has 1 saturated heterocycles. The summed E-state index contributed by atoms with van der Waals surface area (Å²) in [5.41, 5.74) is 7.25. The van der Waals surface area contributed by atoms with E-state index in [1.807, 2.05) is 43.0 Å². The third-order valence-corrected chi connectivity index (χ3v) is 4.61. The number of aryl methyl sites for hydroxylation is 1. The molecule has 0 saturated carbocycles. The van der Waals surface area contributed by atoms with Gasteiger partial charge in [-0.25, -0.2) is 4.79 Å². The molecule has 0 aliphatic carbocycles. The first-order valence-corrected chi connectivity index (χ1v) is 8.04. The maximum atomic E-state index is 12.7. The highest BCUT2D eigenvalue weighted by Crippen LogP contribution is 2.23. The van der Waals surface area contributed by atoms with E-state index < -0.39 is 12.1 Å². The minimum absolute atomic E-state index is 0. The number of primary amides is 1. The zero-order valence-corrected chi connectivity index (χ0v) is 15.2. The summed E-state index contributed by atoms with van der Waals surface area (Å²) in [6.45, 7) is 7.55. The van der Waals surface area contributed by atoms with Gasteiger partial charge in [-0.05, 0) is 31.9 Å². The molecule has 1 aliphatic heterocycles. The lowest BCUT2D eigenvalue weighted by molar-refractivity contribution is -0.135. The van der Waals surface area contributed by atoms with Crippen LogP contribution in [0.5, 0.6) is 0 Å². The molecular formula is C17H27ClN4O2. The van der Waals surface area contributed by atoms with Crippen LogP contribution < -0.4 is 16.4 Å². The van der Waals surface area contributed by atoms with Crippen molar-refractivity contribution in [2.75, 3.05) is 13.1 Å². The lowest BCUT2D eigenvalue weighted by atomic mass is 9.97. The number of carbonyl (C=O) groups excluding carboxylic acids is 2. The maximum Gasteiger partial charge on any atom is 0.312 e. The Kier molecular flexibility index (Phi) is 7.51.